The molecule has 0 spiro atoms. The molecule has 1 atom stereocenters. The molecule has 0 aliphatic rings. The first-order valence-electron chi connectivity index (χ1n) is 7.56. The van der Waals surface area contributed by atoms with Crippen LogP contribution in [0.5, 0.6) is 0 Å². The fourth-order valence-electron chi connectivity index (χ4n) is 2.01. The van der Waals surface area contributed by atoms with E-state index in [0.29, 0.717) is 6.61 Å². The minimum atomic E-state index is -0.219. The maximum Gasteiger partial charge on any atom is 0.323 e. The van der Waals surface area contributed by atoms with Crippen molar-refractivity contribution in [3.05, 3.63) is 29.3 Å². The van der Waals surface area contributed by atoms with Crippen molar-refractivity contribution in [2.75, 3.05) is 12.4 Å². The van der Waals surface area contributed by atoms with Gasteiger partial charge in [0.05, 0.1) is 6.61 Å². The molecule has 21 heavy (non-hydrogen) atoms. The van der Waals surface area contributed by atoms with Gasteiger partial charge >= 0.3 is 5.97 Å². The zero-order valence-corrected chi connectivity index (χ0v) is 14.5. The van der Waals surface area contributed by atoms with E-state index in [1.807, 2.05) is 20.8 Å². The van der Waals surface area contributed by atoms with Crippen molar-refractivity contribution in [3.8, 4) is 0 Å². The topological polar surface area (TPSA) is 38.3 Å². The van der Waals surface area contributed by atoms with E-state index in [1.54, 1.807) is 11.8 Å². The lowest BCUT2D eigenvalue weighted by Gasteiger charge is -2.19. The van der Waals surface area contributed by atoms with E-state index in [9.17, 15) is 4.79 Å². The molecule has 1 N–H and O–H groups in total. The molecule has 1 rings (SSSR count). The number of nitrogens with one attached hydrogen (secondary N) is 1. The van der Waals surface area contributed by atoms with Crippen molar-refractivity contribution in [1.29, 1.82) is 0 Å². The minimum Gasteiger partial charge on any atom is -0.465 e. The van der Waals surface area contributed by atoms with Crippen LogP contribution in [0.2, 0.25) is 0 Å². The Morgan fingerprint density at radius 2 is 2.00 bits per heavy atom. The third-order valence-corrected chi connectivity index (χ3v) is 4.29. The monoisotopic (exact) mass is 309 g/mol. The summed E-state index contributed by atoms with van der Waals surface area (Å²) in [4.78, 5) is 13.2. The first-order valence-corrected chi connectivity index (χ1v) is 8.55. The molecule has 0 saturated carbocycles. The van der Waals surface area contributed by atoms with Crippen LogP contribution >= 0.6 is 11.8 Å². The summed E-state index contributed by atoms with van der Waals surface area (Å²) >= 11 is 1.79. The van der Waals surface area contributed by atoms with Gasteiger partial charge in [0, 0.05) is 16.7 Å². The summed E-state index contributed by atoms with van der Waals surface area (Å²) in [6, 6.07) is 6.54. The lowest BCUT2D eigenvalue weighted by Crippen LogP contribution is -2.42. The quantitative estimate of drug-likeness (QED) is 0.587. The van der Waals surface area contributed by atoms with E-state index in [4.69, 9.17) is 4.74 Å². The number of esters is 1. The van der Waals surface area contributed by atoms with E-state index in [2.05, 4.69) is 37.4 Å². The summed E-state index contributed by atoms with van der Waals surface area (Å²) in [6.45, 7) is 10.6. The van der Waals surface area contributed by atoms with Gasteiger partial charge in [0.15, 0.2) is 0 Å². The molecule has 0 aliphatic carbocycles. The van der Waals surface area contributed by atoms with Gasteiger partial charge in [0.2, 0.25) is 0 Å². The molecule has 1 aromatic carbocycles. The molecule has 0 amide bonds. The standard InChI is InChI=1S/C17H27NO2S/c1-6-20-17(19)16(18-12(2)3)9-10-21-15-8-7-13(4)14(5)11-15/h7-8,11-12,16,18H,6,9-10H2,1-5H3. The summed E-state index contributed by atoms with van der Waals surface area (Å²) in [7, 11) is 0. The predicted molar refractivity (Wildman–Crippen MR) is 89.9 cm³/mol. The van der Waals surface area contributed by atoms with Crippen LogP contribution in [0.25, 0.3) is 0 Å². The van der Waals surface area contributed by atoms with Crippen LogP contribution in [0.15, 0.2) is 23.1 Å². The molecular formula is C17H27NO2S. The molecule has 3 nitrogen and oxygen atoms in total. The summed E-state index contributed by atoms with van der Waals surface area (Å²) < 4.78 is 5.13. The van der Waals surface area contributed by atoms with Crippen molar-refractivity contribution in [2.24, 2.45) is 0 Å². The largest absolute Gasteiger partial charge is 0.465 e. The molecule has 1 aromatic rings. The number of carbonyl (C=O) groups excluding carboxylic acids is 1. The molecule has 0 aliphatic heterocycles. The zero-order chi connectivity index (χ0) is 15.8. The number of aryl methyl sites for hydroxylation is 2. The zero-order valence-electron chi connectivity index (χ0n) is 13.7. The Balaban J connectivity index is 2.52. The predicted octanol–water partition coefficient (Wildman–Crippen LogP) is 3.72. The maximum absolute atomic E-state index is 11.9. The van der Waals surface area contributed by atoms with E-state index < -0.39 is 0 Å². The minimum absolute atomic E-state index is 0.146. The van der Waals surface area contributed by atoms with Crippen LogP contribution in [0, 0.1) is 13.8 Å². The normalized spacial score (nSPS) is 12.5. The van der Waals surface area contributed by atoms with E-state index in [-0.39, 0.29) is 18.1 Å². The van der Waals surface area contributed by atoms with Crippen LogP contribution in [0.3, 0.4) is 0 Å². The molecule has 0 heterocycles. The average Bonchev–Trinajstić information content (AvgIpc) is 2.41. The number of rotatable bonds is 8. The number of thioether (sulfide) groups is 1. The lowest BCUT2D eigenvalue weighted by atomic mass is 10.1. The van der Waals surface area contributed by atoms with Crippen LogP contribution in [-0.4, -0.2) is 30.4 Å². The second-order valence-electron chi connectivity index (χ2n) is 5.51. The summed E-state index contributed by atoms with van der Waals surface area (Å²) in [5.41, 5.74) is 2.62. The average molecular weight is 309 g/mol. The Bertz CT molecular complexity index is 460. The smallest absolute Gasteiger partial charge is 0.323 e. The summed E-state index contributed by atoms with van der Waals surface area (Å²) in [5, 5.41) is 3.28. The number of ether oxygens (including phenoxy) is 1. The van der Waals surface area contributed by atoms with Gasteiger partial charge in [-0.2, -0.15) is 0 Å². The second-order valence-corrected chi connectivity index (χ2v) is 6.68. The van der Waals surface area contributed by atoms with Crippen molar-refractivity contribution in [2.45, 2.75) is 58.0 Å². The second kappa shape index (κ2) is 9.11. The van der Waals surface area contributed by atoms with Gasteiger partial charge in [0.25, 0.3) is 0 Å². The Morgan fingerprint density at radius 3 is 2.57 bits per heavy atom. The molecule has 118 valence electrons. The Kier molecular flexibility index (Phi) is 7.83. The Hall–Kier alpha value is -1.00. The molecular weight excluding hydrogens is 282 g/mol. The van der Waals surface area contributed by atoms with Gasteiger partial charge in [-0.15, -0.1) is 11.8 Å². The highest BCUT2D eigenvalue weighted by Crippen LogP contribution is 2.22. The van der Waals surface area contributed by atoms with Crippen molar-refractivity contribution in [3.63, 3.8) is 0 Å². The molecule has 0 fully saturated rings. The fourth-order valence-corrected chi connectivity index (χ4v) is 3.03. The van der Waals surface area contributed by atoms with Gasteiger partial charge in [-0.25, -0.2) is 0 Å². The molecule has 0 bridgehead atoms. The first-order chi connectivity index (χ1) is 9.93. The van der Waals surface area contributed by atoms with Crippen molar-refractivity contribution in [1.82, 2.24) is 5.32 Å². The molecule has 1 unspecified atom stereocenters. The molecule has 0 aromatic heterocycles. The van der Waals surface area contributed by atoms with Gasteiger partial charge in [-0.05, 0) is 50.5 Å². The van der Waals surface area contributed by atoms with Gasteiger partial charge < -0.3 is 10.1 Å². The van der Waals surface area contributed by atoms with E-state index >= 15 is 0 Å². The van der Waals surface area contributed by atoms with Crippen LogP contribution in [0.1, 0.15) is 38.3 Å². The summed E-state index contributed by atoms with van der Waals surface area (Å²) in [6.07, 6.45) is 0.772. The number of hydrogen-bond acceptors (Lipinski definition) is 4. The third-order valence-electron chi connectivity index (χ3n) is 3.26. The van der Waals surface area contributed by atoms with Gasteiger partial charge in [0.1, 0.15) is 6.04 Å². The number of carbonyl (C=O) groups is 1. The van der Waals surface area contributed by atoms with Crippen LogP contribution in [0.4, 0.5) is 0 Å². The van der Waals surface area contributed by atoms with Crippen LogP contribution in [-0.2, 0) is 9.53 Å². The third kappa shape index (κ3) is 6.53. The van der Waals surface area contributed by atoms with Gasteiger partial charge in [-0.1, -0.05) is 19.9 Å². The van der Waals surface area contributed by atoms with E-state index in [1.165, 1.54) is 16.0 Å². The fraction of sp³-hybridized carbons (Fsp3) is 0.588. The SMILES string of the molecule is CCOC(=O)C(CCSc1ccc(C)c(C)c1)NC(C)C. The summed E-state index contributed by atoms with van der Waals surface area (Å²) in [5.74, 6) is 0.748. The van der Waals surface area contributed by atoms with Crippen LogP contribution < -0.4 is 5.32 Å². The van der Waals surface area contributed by atoms with Crippen molar-refractivity contribution < 1.29 is 9.53 Å². The molecule has 0 saturated heterocycles. The highest BCUT2D eigenvalue weighted by atomic mass is 32.2. The highest BCUT2D eigenvalue weighted by Gasteiger charge is 2.19. The number of benzene rings is 1. The lowest BCUT2D eigenvalue weighted by molar-refractivity contribution is -0.145. The van der Waals surface area contributed by atoms with E-state index in [0.717, 1.165) is 12.2 Å². The maximum atomic E-state index is 11.9. The Labute approximate surface area is 132 Å². The number of hydrogen-bond donors (Lipinski definition) is 1. The highest BCUT2D eigenvalue weighted by molar-refractivity contribution is 7.99. The molecule has 4 heteroatoms. The van der Waals surface area contributed by atoms with Gasteiger partial charge in [-0.3, -0.25) is 4.79 Å². The first kappa shape index (κ1) is 18.1. The molecule has 0 radical (unpaired) electrons. The Morgan fingerprint density at radius 1 is 1.29 bits per heavy atom. The van der Waals surface area contributed by atoms with Crippen molar-refractivity contribution >= 4 is 17.7 Å².